The van der Waals surface area contributed by atoms with Crippen LogP contribution in [0.5, 0.6) is 0 Å². The first-order valence-corrected chi connectivity index (χ1v) is 7.98. The van der Waals surface area contributed by atoms with E-state index < -0.39 is 0 Å². The number of aryl methyl sites for hydroxylation is 1. The standard InChI is InChI=1S/C18H18N2S/c1-14-8-10-15(11-9-14)13-21-18-19-12-17(20(18)2)16-6-4-3-5-7-16/h3-12H,13H2,1-2H3. The highest BCUT2D eigenvalue weighted by molar-refractivity contribution is 7.98. The Morgan fingerprint density at radius 3 is 2.43 bits per heavy atom. The molecule has 0 aliphatic rings. The molecule has 0 saturated heterocycles. The molecule has 0 saturated carbocycles. The molecule has 2 nitrogen and oxygen atoms in total. The summed E-state index contributed by atoms with van der Waals surface area (Å²) in [5.74, 6) is 0.944. The van der Waals surface area contributed by atoms with Crippen molar-refractivity contribution in [3.8, 4) is 11.3 Å². The van der Waals surface area contributed by atoms with Crippen molar-refractivity contribution < 1.29 is 0 Å². The highest BCUT2D eigenvalue weighted by Gasteiger charge is 2.08. The summed E-state index contributed by atoms with van der Waals surface area (Å²) in [7, 11) is 2.08. The number of imidazole rings is 1. The Labute approximate surface area is 129 Å². The van der Waals surface area contributed by atoms with Crippen molar-refractivity contribution in [1.82, 2.24) is 9.55 Å². The first-order chi connectivity index (χ1) is 10.2. The molecule has 0 amide bonds. The van der Waals surface area contributed by atoms with Gasteiger partial charge in [-0.15, -0.1) is 0 Å². The molecule has 3 rings (SSSR count). The summed E-state index contributed by atoms with van der Waals surface area (Å²) in [6.45, 7) is 2.11. The van der Waals surface area contributed by atoms with Gasteiger partial charge in [-0.2, -0.15) is 0 Å². The predicted octanol–water partition coefficient (Wildman–Crippen LogP) is 4.69. The molecule has 1 aromatic heterocycles. The van der Waals surface area contributed by atoms with E-state index >= 15 is 0 Å². The van der Waals surface area contributed by atoms with Crippen molar-refractivity contribution in [2.24, 2.45) is 7.05 Å². The molecule has 0 aliphatic carbocycles. The maximum atomic E-state index is 4.55. The summed E-state index contributed by atoms with van der Waals surface area (Å²) in [5, 5.41) is 1.05. The highest BCUT2D eigenvalue weighted by Crippen LogP contribution is 2.26. The lowest BCUT2D eigenvalue weighted by Crippen LogP contribution is -1.94. The van der Waals surface area contributed by atoms with E-state index in [9.17, 15) is 0 Å². The van der Waals surface area contributed by atoms with Gasteiger partial charge in [0.15, 0.2) is 5.16 Å². The zero-order valence-corrected chi connectivity index (χ0v) is 13.1. The lowest BCUT2D eigenvalue weighted by molar-refractivity contribution is 0.796. The normalized spacial score (nSPS) is 10.8. The molecule has 2 aromatic carbocycles. The molecular formula is C18H18N2S. The third-order valence-electron chi connectivity index (χ3n) is 3.50. The molecule has 0 fully saturated rings. The van der Waals surface area contributed by atoms with Crippen LogP contribution in [0.15, 0.2) is 66.0 Å². The van der Waals surface area contributed by atoms with Gasteiger partial charge in [0.25, 0.3) is 0 Å². The molecule has 0 unspecified atom stereocenters. The van der Waals surface area contributed by atoms with Crippen LogP contribution >= 0.6 is 11.8 Å². The molecule has 106 valence electrons. The van der Waals surface area contributed by atoms with Gasteiger partial charge < -0.3 is 4.57 Å². The van der Waals surface area contributed by atoms with Gasteiger partial charge >= 0.3 is 0 Å². The van der Waals surface area contributed by atoms with Crippen LogP contribution in [-0.2, 0) is 12.8 Å². The van der Waals surface area contributed by atoms with Crippen LogP contribution in [0, 0.1) is 6.92 Å². The van der Waals surface area contributed by atoms with Gasteiger partial charge in [0.2, 0.25) is 0 Å². The second kappa shape index (κ2) is 6.19. The van der Waals surface area contributed by atoms with E-state index in [2.05, 4.69) is 72.1 Å². The second-order valence-corrected chi connectivity index (χ2v) is 6.07. The summed E-state index contributed by atoms with van der Waals surface area (Å²) in [6, 6.07) is 19.1. The minimum Gasteiger partial charge on any atom is -0.322 e. The van der Waals surface area contributed by atoms with Gasteiger partial charge in [0.05, 0.1) is 11.9 Å². The van der Waals surface area contributed by atoms with E-state index in [1.165, 1.54) is 16.7 Å². The molecule has 21 heavy (non-hydrogen) atoms. The summed E-state index contributed by atoms with van der Waals surface area (Å²) >= 11 is 1.77. The van der Waals surface area contributed by atoms with E-state index in [-0.39, 0.29) is 0 Å². The van der Waals surface area contributed by atoms with Gasteiger partial charge in [-0.05, 0) is 18.1 Å². The molecule has 0 atom stereocenters. The SMILES string of the molecule is Cc1ccc(CSc2ncc(-c3ccccc3)n2C)cc1. The largest absolute Gasteiger partial charge is 0.322 e. The monoisotopic (exact) mass is 294 g/mol. The first-order valence-electron chi connectivity index (χ1n) is 6.99. The number of hydrogen-bond donors (Lipinski definition) is 0. The summed E-state index contributed by atoms with van der Waals surface area (Å²) < 4.78 is 2.16. The summed E-state index contributed by atoms with van der Waals surface area (Å²) in [5.41, 5.74) is 4.98. The third-order valence-corrected chi connectivity index (χ3v) is 4.62. The number of thioether (sulfide) groups is 1. The van der Waals surface area contributed by atoms with Crippen molar-refractivity contribution in [3.05, 3.63) is 71.9 Å². The molecule has 0 aliphatic heterocycles. The molecule has 3 aromatic rings. The van der Waals surface area contributed by atoms with Crippen LogP contribution in [0.4, 0.5) is 0 Å². The van der Waals surface area contributed by atoms with E-state index in [1.807, 2.05) is 12.3 Å². The number of hydrogen-bond acceptors (Lipinski definition) is 2. The number of rotatable bonds is 4. The zero-order valence-electron chi connectivity index (χ0n) is 12.3. The molecular weight excluding hydrogens is 276 g/mol. The number of aromatic nitrogens is 2. The third kappa shape index (κ3) is 3.19. The van der Waals surface area contributed by atoms with Gasteiger partial charge in [0.1, 0.15) is 0 Å². The van der Waals surface area contributed by atoms with Crippen molar-refractivity contribution in [1.29, 1.82) is 0 Å². The molecule has 0 bridgehead atoms. The minimum absolute atomic E-state index is 0.944. The molecule has 0 N–H and O–H groups in total. The minimum atomic E-state index is 0.944. The van der Waals surface area contributed by atoms with Crippen LogP contribution in [-0.4, -0.2) is 9.55 Å². The van der Waals surface area contributed by atoms with Gasteiger partial charge in [0, 0.05) is 12.8 Å². The predicted molar refractivity (Wildman–Crippen MR) is 89.4 cm³/mol. The van der Waals surface area contributed by atoms with Crippen LogP contribution in [0.2, 0.25) is 0 Å². The van der Waals surface area contributed by atoms with E-state index in [1.54, 1.807) is 11.8 Å². The quantitative estimate of drug-likeness (QED) is 0.650. The molecule has 1 heterocycles. The number of benzene rings is 2. The topological polar surface area (TPSA) is 17.8 Å². The van der Waals surface area contributed by atoms with Crippen LogP contribution in [0.3, 0.4) is 0 Å². The van der Waals surface area contributed by atoms with Crippen molar-refractivity contribution in [2.45, 2.75) is 17.8 Å². The van der Waals surface area contributed by atoms with E-state index in [0.717, 1.165) is 16.6 Å². The average molecular weight is 294 g/mol. The van der Waals surface area contributed by atoms with E-state index in [0.29, 0.717) is 0 Å². The summed E-state index contributed by atoms with van der Waals surface area (Å²) in [6.07, 6.45) is 1.95. The lowest BCUT2D eigenvalue weighted by atomic mass is 10.2. The van der Waals surface area contributed by atoms with Crippen LogP contribution in [0.1, 0.15) is 11.1 Å². The maximum Gasteiger partial charge on any atom is 0.168 e. The highest BCUT2D eigenvalue weighted by atomic mass is 32.2. The van der Waals surface area contributed by atoms with Gasteiger partial charge in [-0.25, -0.2) is 4.98 Å². The second-order valence-electron chi connectivity index (χ2n) is 5.13. The fourth-order valence-electron chi connectivity index (χ4n) is 2.24. The smallest absolute Gasteiger partial charge is 0.168 e. The molecule has 3 heteroatoms. The fraction of sp³-hybridized carbons (Fsp3) is 0.167. The van der Waals surface area contributed by atoms with Crippen LogP contribution in [0.25, 0.3) is 11.3 Å². The van der Waals surface area contributed by atoms with Gasteiger partial charge in [-0.3, -0.25) is 0 Å². The van der Waals surface area contributed by atoms with Crippen molar-refractivity contribution in [2.75, 3.05) is 0 Å². The van der Waals surface area contributed by atoms with Crippen molar-refractivity contribution >= 4 is 11.8 Å². The van der Waals surface area contributed by atoms with Crippen LogP contribution < -0.4 is 0 Å². The lowest BCUT2D eigenvalue weighted by Gasteiger charge is -2.06. The Morgan fingerprint density at radius 1 is 1.00 bits per heavy atom. The Hall–Kier alpha value is -2.00. The average Bonchev–Trinajstić information content (AvgIpc) is 2.89. The van der Waals surface area contributed by atoms with Crippen molar-refractivity contribution in [3.63, 3.8) is 0 Å². The number of nitrogens with zero attached hydrogens (tertiary/aromatic N) is 2. The Bertz CT molecular complexity index is 715. The Morgan fingerprint density at radius 2 is 1.71 bits per heavy atom. The van der Waals surface area contributed by atoms with Gasteiger partial charge in [-0.1, -0.05) is 71.9 Å². The molecule has 0 spiro atoms. The Balaban J connectivity index is 1.75. The summed E-state index contributed by atoms with van der Waals surface area (Å²) in [4.78, 5) is 4.55. The Kier molecular flexibility index (Phi) is 4.11. The zero-order chi connectivity index (χ0) is 14.7. The fourth-order valence-corrected chi connectivity index (χ4v) is 3.14. The maximum absolute atomic E-state index is 4.55. The molecule has 0 radical (unpaired) electrons. The van der Waals surface area contributed by atoms with E-state index in [4.69, 9.17) is 0 Å². The first kappa shape index (κ1) is 14.0.